The standard InChI is InChI=1S/C13H24N3/c1-3-8-15(9-4-2)10-5-6-11-16-12-7-14-13-16/h12-13H,3-6,8-11H2,1-2H3. The van der Waals surface area contributed by atoms with E-state index < -0.39 is 0 Å². The van der Waals surface area contributed by atoms with Gasteiger partial charge >= 0.3 is 0 Å². The highest BCUT2D eigenvalue weighted by Crippen LogP contribution is 2.00. The second-order valence-corrected chi connectivity index (χ2v) is 4.29. The van der Waals surface area contributed by atoms with Crippen LogP contribution in [0.25, 0.3) is 0 Å². The van der Waals surface area contributed by atoms with E-state index in [-0.39, 0.29) is 0 Å². The highest BCUT2D eigenvalue weighted by atomic mass is 15.1. The summed E-state index contributed by atoms with van der Waals surface area (Å²) in [6.07, 6.45) is 11.6. The minimum absolute atomic E-state index is 1.07. The Hall–Kier alpha value is -0.830. The number of aromatic nitrogens is 2. The predicted octanol–water partition coefficient (Wildman–Crippen LogP) is 2.59. The van der Waals surface area contributed by atoms with Gasteiger partial charge in [-0.25, -0.2) is 4.98 Å². The van der Waals surface area contributed by atoms with Crippen LogP contribution in [0.5, 0.6) is 0 Å². The van der Waals surface area contributed by atoms with Crippen molar-refractivity contribution in [2.24, 2.45) is 0 Å². The van der Waals surface area contributed by atoms with Gasteiger partial charge in [0.2, 0.25) is 0 Å². The zero-order valence-corrected chi connectivity index (χ0v) is 10.7. The monoisotopic (exact) mass is 222 g/mol. The third-order valence-electron chi connectivity index (χ3n) is 2.72. The number of rotatable bonds is 9. The van der Waals surface area contributed by atoms with Gasteiger partial charge in [-0.1, -0.05) is 13.8 Å². The second-order valence-electron chi connectivity index (χ2n) is 4.29. The van der Waals surface area contributed by atoms with Gasteiger partial charge in [0.05, 0.1) is 6.33 Å². The quantitative estimate of drug-likeness (QED) is 0.599. The fraction of sp³-hybridized carbons (Fsp3) is 0.769. The van der Waals surface area contributed by atoms with Crippen molar-refractivity contribution in [1.29, 1.82) is 0 Å². The van der Waals surface area contributed by atoms with Crippen LogP contribution in [-0.2, 0) is 6.54 Å². The van der Waals surface area contributed by atoms with Crippen molar-refractivity contribution in [3.05, 3.63) is 18.7 Å². The van der Waals surface area contributed by atoms with E-state index in [0.29, 0.717) is 0 Å². The first-order valence-corrected chi connectivity index (χ1v) is 6.47. The molecule has 91 valence electrons. The molecule has 3 nitrogen and oxygen atoms in total. The molecule has 0 saturated heterocycles. The van der Waals surface area contributed by atoms with E-state index >= 15 is 0 Å². The number of nitrogens with zero attached hydrogens (tertiary/aromatic N) is 3. The lowest BCUT2D eigenvalue weighted by Crippen LogP contribution is -2.26. The Balaban J connectivity index is 2.08. The molecule has 3 heteroatoms. The lowest BCUT2D eigenvalue weighted by molar-refractivity contribution is 0.267. The van der Waals surface area contributed by atoms with E-state index in [0.717, 1.165) is 6.54 Å². The van der Waals surface area contributed by atoms with Crippen molar-refractivity contribution in [3.8, 4) is 0 Å². The Morgan fingerprint density at radius 3 is 2.44 bits per heavy atom. The van der Waals surface area contributed by atoms with Gasteiger partial charge in [0.1, 0.15) is 6.20 Å². The average molecular weight is 222 g/mol. The third-order valence-corrected chi connectivity index (χ3v) is 2.72. The van der Waals surface area contributed by atoms with Crippen LogP contribution in [0.15, 0.2) is 12.5 Å². The van der Waals surface area contributed by atoms with Crippen LogP contribution in [0.3, 0.4) is 0 Å². The summed E-state index contributed by atoms with van der Waals surface area (Å²) >= 11 is 0. The maximum Gasteiger partial charge on any atom is 0.108 e. The first kappa shape index (κ1) is 13.2. The SMILES string of the molecule is CCCN(CCC)CCCCn1c[c]nc1. The van der Waals surface area contributed by atoms with Gasteiger partial charge in [0.15, 0.2) is 0 Å². The Bertz CT molecular complexity index is 238. The summed E-state index contributed by atoms with van der Waals surface area (Å²) in [7, 11) is 0. The molecular formula is C13H24N3. The number of imidazole rings is 1. The van der Waals surface area contributed by atoms with Crippen molar-refractivity contribution in [3.63, 3.8) is 0 Å². The zero-order valence-electron chi connectivity index (χ0n) is 10.7. The Labute approximate surface area is 99.5 Å². The molecule has 1 heterocycles. The van der Waals surface area contributed by atoms with Crippen molar-refractivity contribution >= 4 is 0 Å². The predicted molar refractivity (Wildman–Crippen MR) is 67.3 cm³/mol. The highest BCUT2D eigenvalue weighted by molar-refractivity contribution is 4.71. The smallest absolute Gasteiger partial charge is 0.108 e. The topological polar surface area (TPSA) is 21.1 Å². The molecule has 0 spiro atoms. The summed E-state index contributed by atoms with van der Waals surface area (Å²) in [5, 5.41) is 0. The van der Waals surface area contributed by atoms with Crippen molar-refractivity contribution in [2.45, 2.75) is 46.1 Å². The maximum atomic E-state index is 3.92. The Morgan fingerprint density at radius 2 is 1.88 bits per heavy atom. The molecule has 0 amide bonds. The first-order valence-electron chi connectivity index (χ1n) is 6.47. The van der Waals surface area contributed by atoms with E-state index in [9.17, 15) is 0 Å². The van der Waals surface area contributed by atoms with Gasteiger partial charge in [-0.3, -0.25) is 0 Å². The highest BCUT2D eigenvalue weighted by Gasteiger charge is 2.01. The first-order chi connectivity index (χ1) is 7.86. The molecular weight excluding hydrogens is 198 g/mol. The molecule has 0 bridgehead atoms. The summed E-state index contributed by atoms with van der Waals surface area (Å²) in [4.78, 5) is 6.49. The van der Waals surface area contributed by atoms with E-state index in [1.54, 1.807) is 0 Å². The van der Waals surface area contributed by atoms with Gasteiger partial charge in [-0.2, -0.15) is 0 Å². The number of unbranched alkanes of at least 4 members (excludes halogenated alkanes) is 1. The average Bonchev–Trinajstić information content (AvgIpc) is 2.78. The van der Waals surface area contributed by atoms with Crippen LogP contribution in [0.2, 0.25) is 0 Å². The van der Waals surface area contributed by atoms with Crippen LogP contribution in [0.4, 0.5) is 0 Å². The molecule has 0 aromatic carbocycles. The van der Waals surface area contributed by atoms with Gasteiger partial charge in [-0.15, -0.1) is 0 Å². The molecule has 0 saturated carbocycles. The maximum absolute atomic E-state index is 3.92. The fourth-order valence-electron chi connectivity index (χ4n) is 1.97. The normalized spacial score (nSPS) is 11.2. The van der Waals surface area contributed by atoms with Crippen molar-refractivity contribution in [2.75, 3.05) is 19.6 Å². The summed E-state index contributed by atoms with van der Waals surface area (Å²) in [5.41, 5.74) is 0. The summed E-state index contributed by atoms with van der Waals surface area (Å²) in [6.45, 7) is 9.30. The zero-order chi connectivity index (χ0) is 11.6. The number of aryl methyl sites for hydroxylation is 1. The van der Waals surface area contributed by atoms with Crippen molar-refractivity contribution in [1.82, 2.24) is 14.5 Å². The van der Waals surface area contributed by atoms with Crippen LogP contribution < -0.4 is 0 Å². The van der Waals surface area contributed by atoms with Gasteiger partial charge in [0, 0.05) is 12.7 Å². The largest absolute Gasteiger partial charge is 0.337 e. The minimum Gasteiger partial charge on any atom is -0.337 e. The molecule has 0 atom stereocenters. The van der Waals surface area contributed by atoms with E-state index in [2.05, 4.69) is 34.5 Å². The third kappa shape index (κ3) is 5.31. The number of hydrogen-bond acceptors (Lipinski definition) is 2. The second kappa shape index (κ2) is 8.34. The van der Waals surface area contributed by atoms with Crippen molar-refractivity contribution < 1.29 is 0 Å². The molecule has 0 unspecified atom stereocenters. The van der Waals surface area contributed by atoms with Gasteiger partial charge in [0.25, 0.3) is 0 Å². The number of hydrogen-bond donors (Lipinski definition) is 0. The Morgan fingerprint density at radius 1 is 1.12 bits per heavy atom. The molecule has 0 fully saturated rings. The molecule has 0 N–H and O–H groups in total. The van der Waals surface area contributed by atoms with Crippen LogP contribution >= 0.6 is 0 Å². The lowest BCUT2D eigenvalue weighted by atomic mass is 10.2. The molecule has 1 rings (SSSR count). The molecule has 1 radical (unpaired) electrons. The minimum atomic E-state index is 1.07. The molecule has 0 aliphatic heterocycles. The van der Waals surface area contributed by atoms with E-state index in [4.69, 9.17) is 0 Å². The Kier molecular flexibility index (Phi) is 6.90. The van der Waals surface area contributed by atoms with E-state index in [1.165, 1.54) is 45.3 Å². The summed E-state index contributed by atoms with van der Waals surface area (Å²) < 4.78 is 2.10. The molecule has 0 aliphatic carbocycles. The van der Waals surface area contributed by atoms with Gasteiger partial charge in [-0.05, 0) is 45.3 Å². The molecule has 1 aromatic heterocycles. The van der Waals surface area contributed by atoms with Crippen LogP contribution in [0.1, 0.15) is 39.5 Å². The molecule has 0 aliphatic rings. The fourth-order valence-corrected chi connectivity index (χ4v) is 1.97. The van der Waals surface area contributed by atoms with Crippen LogP contribution in [0, 0.1) is 6.20 Å². The van der Waals surface area contributed by atoms with E-state index in [1.807, 2.05) is 12.5 Å². The van der Waals surface area contributed by atoms with Crippen LogP contribution in [-0.4, -0.2) is 34.1 Å². The van der Waals surface area contributed by atoms with Gasteiger partial charge < -0.3 is 9.47 Å². The lowest BCUT2D eigenvalue weighted by Gasteiger charge is -2.20. The summed E-state index contributed by atoms with van der Waals surface area (Å²) in [5.74, 6) is 0. The summed E-state index contributed by atoms with van der Waals surface area (Å²) in [6, 6.07) is 0. The molecule has 1 aromatic rings. The molecule has 16 heavy (non-hydrogen) atoms.